The lowest BCUT2D eigenvalue weighted by atomic mass is 10.2. The monoisotopic (exact) mass is 277 g/mol. The molecule has 0 aliphatic carbocycles. The molecule has 0 aliphatic rings. The van der Waals surface area contributed by atoms with Crippen LogP contribution in [0, 0.1) is 0 Å². The summed E-state index contributed by atoms with van der Waals surface area (Å²) in [5, 5.41) is 8.25. The SMILES string of the molecule is CCc1nn(C)c(C(=O)OCCc2cnn(C)c2)c1N. The van der Waals surface area contributed by atoms with Gasteiger partial charge in [0.1, 0.15) is 0 Å². The Morgan fingerprint density at radius 2 is 2.20 bits per heavy atom. The molecule has 0 bridgehead atoms. The Hall–Kier alpha value is -2.31. The second-order valence-electron chi connectivity index (χ2n) is 4.59. The maximum Gasteiger partial charge on any atom is 0.358 e. The number of carbonyl (C=O) groups is 1. The first-order valence-corrected chi connectivity index (χ1v) is 6.49. The van der Waals surface area contributed by atoms with Crippen molar-refractivity contribution in [2.45, 2.75) is 19.8 Å². The standard InChI is InChI=1S/C13H19N5O2/c1-4-10-11(14)12(18(3)16-10)13(19)20-6-5-9-7-15-17(2)8-9/h7-8H,4-6,14H2,1-3H3. The lowest BCUT2D eigenvalue weighted by Crippen LogP contribution is -2.14. The Balaban J connectivity index is 1.97. The van der Waals surface area contributed by atoms with Crippen LogP contribution in [0.25, 0.3) is 0 Å². The number of rotatable bonds is 5. The van der Waals surface area contributed by atoms with Gasteiger partial charge in [-0.3, -0.25) is 9.36 Å². The summed E-state index contributed by atoms with van der Waals surface area (Å²) in [7, 11) is 3.53. The highest BCUT2D eigenvalue weighted by Gasteiger charge is 2.20. The molecule has 0 saturated heterocycles. The van der Waals surface area contributed by atoms with Gasteiger partial charge >= 0.3 is 5.97 Å². The number of aryl methyl sites for hydroxylation is 3. The third-order valence-electron chi connectivity index (χ3n) is 3.07. The Kier molecular flexibility index (Phi) is 4.07. The van der Waals surface area contributed by atoms with Crippen LogP contribution in [-0.2, 0) is 31.7 Å². The van der Waals surface area contributed by atoms with Crippen molar-refractivity contribution in [1.29, 1.82) is 0 Å². The van der Waals surface area contributed by atoms with E-state index in [-0.39, 0.29) is 6.61 Å². The van der Waals surface area contributed by atoms with E-state index in [0.717, 1.165) is 5.56 Å². The minimum Gasteiger partial charge on any atom is -0.461 e. The van der Waals surface area contributed by atoms with Gasteiger partial charge in [0, 0.05) is 26.7 Å². The fourth-order valence-electron chi connectivity index (χ4n) is 2.03. The van der Waals surface area contributed by atoms with Crippen LogP contribution >= 0.6 is 0 Å². The van der Waals surface area contributed by atoms with E-state index in [9.17, 15) is 4.79 Å². The highest BCUT2D eigenvalue weighted by atomic mass is 16.5. The number of ether oxygens (including phenoxy) is 1. The van der Waals surface area contributed by atoms with Crippen LogP contribution in [0.4, 0.5) is 5.69 Å². The van der Waals surface area contributed by atoms with Crippen LogP contribution in [-0.4, -0.2) is 32.1 Å². The minimum atomic E-state index is -0.443. The number of esters is 1. The van der Waals surface area contributed by atoms with Gasteiger partial charge in [0.15, 0.2) is 5.69 Å². The van der Waals surface area contributed by atoms with Crippen molar-refractivity contribution in [1.82, 2.24) is 19.6 Å². The highest BCUT2D eigenvalue weighted by molar-refractivity contribution is 5.93. The minimum absolute atomic E-state index is 0.288. The van der Waals surface area contributed by atoms with Crippen molar-refractivity contribution in [2.24, 2.45) is 14.1 Å². The van der Waals surface area contributed by atoms with E-state index in [1.165, 1.54) is 4.68 Å². The quantitative estimate of drug-likeness (QED) is 0.813. The molecule has 0 aromatic carbocycles. The van der Waals surface area contributed by atoms with Gasteiger partial charge in [0.2, 0.25) is 0 Å². The van der Waals surface area contributed by atoms with Crippen LogP contribution < -0.4 is 5.73 Å². The van der Waals surface area contributed by atoms with Gasteiger partial charge in [0.05, 0.1) is 24.2 Å². The first-order chi connectivity index (χ1) is 9.52. The molecule has 0 spiro atoms. The van der Waals surface area contributed by atoms with Gasteiger partial charge in [-0.1, -0.05) is 6.92 Å². The third kappa shape index (κ3) is 2.81. The number of nitrogen functional groups attached to an aromatic ring is 1. The van der Waals surface area contributed by atoms with Crippen molar-refractivity contribution in [2.75, 3.05) is 12.3 Å². The number of nitrogens with two attached hydrogens (primary N) is 1. The molecule has 7 nitrogen and oxygen atoms in total. The molecular weight excluding hydrogens is 258 g/mol. The fourth-order valence-corrected chi connectivity index (χ4v) is 2.03. The predicted molar refractivity (Wildman–Crippen MR) is 74.2 cm³/mol. The summed E-state index contributed by atoms with van der Waals surface area (Å²) >= 11 is 0. The molecule has 0 amide bonds. The average Bonchev–Trinajstić information content (AvgIpc) is 2.93. The largest absolute Gasteiger partial charge is 0.461 e. The van der Waals surface area contributed by atoms with Gasteiger partial charge in [0.25, 0.3) is 0 Å². The van der Waals surface area contributed by atoms with E-state index in [2.05, 4.69) is 10.2 Å². The molecule has 0 saturated carbocycles. The molecule has 20 heavy (non-hydrogen) atoms. The van der Waals surface area contributed by atoms with Gasteiger partial charge in [-0.2, -0.15) is 10.2 Å². The zero-order chi connectivity index (χ0) is 14.7. The van der Waals surface area contributed by atoms with E-state index in [0.29, 0.717) is 29.9 Å². The van der Waals surface area contributed by atoms with Crippen LogP contribution in [0.3, 0.4) is 0 Å². The Bertz CT molecular complexity index is 614. The van der Waals surface area contributed by atoms with Crippen molar-refractivity contribution in [3.63, 3.8) is 0 Å². The molecule has 2 aromatic heterocycles. The number of nitrogens with zero attached hydrogens (tertiary/aromatic N) is 4. The van der Waals surface area contributed by atoms with Crippen molar-refractivity contribution < 1.29 is 9.53 Å². The molecule has 2 rings (SSSR count). The molecular formula is C13H19N5O2. The molecule has 2 N–H and O–H groups in total. The van der Waals surface area contributed by atoms with Crippen LogP contribution in [0.1, 0.15) is 28.7 Å². The highest BCUT2D eigenvalue weighted by Crippen LogP contribution is 2.17. The van der Waals surface area contributed by atoms with E-state index >= 15 is 0 Å². The van der Waals surface area contributed by atoms with Gasteiger partial charge in [-0.05, 0) is 12.0 Å². The molecule has 2 aromatic rings. The summed E-state index contributed by atoms with van der Waals surface area (Å²) in [4.78, 5) is 12.0. The van der Waals surface area contributed by atoms with Crippen molar-refractivity contribution >= 4 is 11.7 Å². The molecule has 0 radical (unpaired) electrons. The summed E-state index contributed by atoms with van der Waals surface area (Å²) < 4.78 is 8.43. The van der Waals surface area contributed by atoms with E-state index < -0.39 is 5.97 Å². The predicted octanol–water partition coefficient (Wildman–Crippen LogP) is 0.698. The van der Waals surface area contributed by atoms with Crippen LogP contribution in [0.5, 0.6) is 0 Å². The fraction of sp³-hybridized carbons (Fsp3) is 0.462. The smallest absolute Gasteiger partial charge is 0.358 e. The van der Waals surface area contributed by atoms with E-state index in [4.69, 9.17) is 10.5 Å². The number of anilines is 1. The van der Waals surface area contributed by atoms with Crippen LogP contribution in [0.2, 0.25) is 0 Å². The molecule has 7 heteroatoms. The van der Waals surface area contributed by atoms with E-state index in [1.54, 1.807) is 17.9 Å². The number of hydrogen-bond acceptors (Lipinski definition) is 5. The Morgan fingerprint density at radius 3 is 2.75 bits per heavy atom. The lowest BCUT2D eigenvalue weighted by Gasteiger charge is -2.05. The molecule has 0 aliphatic heterocycles. The van der Waals surface area contributed by atoms with Gasteiger partial charge in [-0.15, -0.1) is 0 Å². The molecule has 108 valence electrons. The second-order valence-corrected chi connectivity index (χ2v) is 4.59. The van der Waals surface area contributed by atoms with E-state index in [1.807, 2.05) is 20.2 Å². The third-order valence-corrected chi connectivity index (χ3v) is 3.07. The zero-order valence-corrected chi connectivity index (χ0v) is 12.0. The van der Waals surface area contributed by atoms with Crippen LogP contribution in [0.15, 0.2) is 12.4 Å². The number of aromatic nitrogens is 4. The normalized spacial score (nSPS) is 10.8. The Morgan fingerprint density at radius 1 is 1.45 bits per heavy atom. The summed E-state index contributed by atoms with van der Waals surface area (Å²) in [5.41, 5.74) is 8.36. The Labute approximate surface area is 117 Å². The lowest BCUT2D eigenvalue weighted by molar-refractivity contribution is 0.0498. The molecule has 0 unspecified atom stereocenters. The summed E-state index contributed by atoms with van der Waals surface area (Å²) in [6.07, 6.45) is 4.95. The maximum atomic E-state index is 12.0. The zero-order valence-electron chi connectivity index (χ0n) is 12.0. The summed E-state index contributed by atoms with van der Waals surface area (Å²) in [6, 6.07) is 0. The first-order valence-electron chi connectivity index (χ1n) is 6.49. The summed E-state index contributed by atoms with van der Waals surface area (Å²) in [6.45, 7) is 2.23. The topological polar surface area (TPSA) is 88.0 Å². The average molecular weight is 277 g/mol. The van der Waals surface area contributed by atoms with Gasteiger partial charge < -0.3 is 10.5 Å². The molecule has 0 atom stereocenters. The number of hydrogen-bond donors (Lipinski definition) is 1. The molecule has 0 fully saturated rings. The van der Waals surface area contributed by atoms with Crippen molar-refractivity contribution in [3.8, 4) is 0 Å². The molecule has 2 heterocycles. The maximum absolute atomic E-state index is 12.0. The number of carbonyl (C=O) groups excluding carboxylic acids is 1. The summed E-state index contributed by atoms with van der Waals surface area (Å²) in [5.74, 6) is -0.443. The van der Waals surface area contributed by atoms with Crippen molar-refractivity contribution in [3.05, 3.63) is 29.3 Å². The first kappa shape index (κ1) is 14.1. The second kappa shape index (κ2) is 5.77. The van der Waals surface area contributed by atoms with Gasteiger partial charge in [-0.25, -0.2) is 4.79 Å².